The highest BCUT2D eigenvalue weighted by atomic mass is 16.2. The van der Waals surface area contributed by atoms with Gasteiger partial charge >= 0.3 is 0 Å². The molecule has 1 aromatic heterocycles. The van der Waals surface area contributed by atoms with Gasteiger partial charge in [-0.25, -0.2) is 0 Å². The Labute approximate surface area is 125 Å². The molecule has 2 aromatic rings. The van der Waals surface area contributed by atoms with E-state index in [2.05, 4.69) is 30.2 Å². The number of nitrogens with zero attached hydrogens (tertiary/aromatic N) is 3. The Bertz CT molecular complexity index is 674. The molecule has 1 amide bonds. The van der Waals surface area contributed by atoms with Crippen LogP contribution in [-0.4, -0.2) is 22.2 Å². The van der Waals surface area contributed by atoms with Gasteiger partial charge in [0.1, 0.15) is 5.69 Å². The molecule has 0 bridgehead atoms. The van der Waals surface area contributed by atoms with Gasteiger partial charge < -0.3 is 4.90 Å². The standard InChI is InChI=1S/C17H21N3O/c1-12-7-6-10-20(15-9-5-4-8-14(12)15)17(21)16-11-13(2)18-19(16)3/h4-5,8-9,11-12H,6-7,10H2,1-3H3/t12-/m0/s1. The SMILES string of the molecule is Cc1cc(C(=O)N2CCC[C@H](C)c3ccccc32)n(C)n1. The Balaban J connectivity index is 2.04. The molecule has 0 fully saturated rings. The molecule has 0 spiro atoms. The highest BCUT2D eigenvalue weighted by Gasteiger charge is 2.26. The van der Waals surface area contributed by atoms with E-state index in [9.17, 15) is 4.79 Å². The first-order chi connectivity index (χ1) is 10.1. The van der Waals surface area contributed by atoms with Crippen molar-refractivity contribution in [3.8, 4) is 0 Å². The maximum atomic E-state index is 12.9. The van der Waals surface area contributed by atoms with E-state index in [0.29, 0.717) is 11.6 Å². The lowest BCUT2D eigenvalue weighted by Crippen LogP contribution is -2.33. The van der Waals surface area contributed by atoms with Crippen molar-refractivity contribution in [3.05, 3.63) is 47.3 Å². The van der Waals surface area contributed by atoms with Gasteiger partial charge in [0.15, 0.2) is 0 Å². The molecule has 1 aliphatic heterocycles. The van der Waals surface area contributed by atoms with Crippen LogP contribution in [0.3, 0.4) is 0 Å². The lowest BCUT2D eigenvalue weighted by Gasteiger charge is -2.23. The number of benzene rings is 1. The normalized spacial score (nSPS) is 18.2. The molecule has 0 saturated carbocycles. The largest absolute Gasteiger partial charge is 0.307 e. The molecule has 0 aliphatic carbocycles. The molecular formula is C17H21N3O. The fraction of sp³-hybridized carbons (Fsp3) is 0.412. The first-order valence-corrected chi connectivity index (χ1v) is 7.49. The zero-order valence-electron chi connectivity index (χ0n) is 12.8. The summed E-state index contributed by atoms with van der Waals surface area (Å²) in [6.07, 6.45) is 2.14. The molecule has 1 atom stereocenters. The number of aryl methyl sites for hydroxylation is 2. The van der Waals surface area contributed by atoms with Crippen molar-refractivity contribution in [2.75, 3.05) is 11.4 Å². The van der Waals surface area contributed by atoms with Gasteiger partial charge in [-0.15, -0.1) is 0 Å². The van der Waals surface area contributed by atoms with Crippen molar-refractivity contribution in [1.29, 1.82) is 0 Å². The summed E-state index contributed by atoms with van der Waals surface area (Å²) in [6, 6.07) is 10.1. The maximum Gasteiger partial charge on any atom is 0.276 e. The number of fused-ring (bicyclic) bond motifs is 1. The van der Waals surface area contributed by atoms with Gasteiger partial charge in [0.25, 0.3) is 5.91 Å². The number of rotatable bonds is 1. The molecule has 21 heavy (non-hydrogen) atoms. The number of para-hydroxylation sites is 1. The van der Waals surface area contributed by atoms with Crippen molar-refractivity contribution < 1.29 is 4.79 Å². The van der Waals surface area contributed by atoms with Crippen LogP contribution >= 0.6 is 0 Å². The first kappa shape index (κ1) is 13.9. The van der Waals surface area contributed by atoms with E-state index < -0.39 is 0 Å². The lowest BCUT2D eigenvalue weighted by atomic mass is 9.96. The zero-order valence-corrected chi connectivity index (χ0v) is 12.8. The average Bonchev–Trinajstić information content (AvgIpc) is 2.71. The monoisotopic (exact) mass is 283 g/mol. The molecule has 4 heteroatoms. The summed E-state index contributed by atoms with van der Waals surface area (Å²) in [4.78, 5) is 14.8. The first-order valence-electron chi connectivity index (χ1n) is 7.49. The summed E-state index contributed by atoms with van der Waals surface area (Å²) in [6.45, 7) is 4.92. The number of carbonyl (C=O) groups is 1. The van der Waals surface area contributed by atoms with Crippen molar-refractivity contribution >= 4 is 11.6 Å². The van der Waals surface area contributed by atoms with Crippen molar-refractivity contribution in [3.63, 3.8) is 0 Å². The molecule has 1 aliphatic rings. The van der Waals surface area contributed by atoms with Gasteiger partial charge in [-0.2, -0.15) is 5.10 Å². The smallest absolute Gasteiger partial charge is 0.276 e. The van der Waals surface area contributed by atoms with Crippen LogP contribution in [0.4, 0.5) is 5.69 Å². The Morgan fingerprint density at radius 2 is 2.10 bits per heavy atom. The second kappa shape index (κ2) is 5.35. The fourth-order valence-corrected chi connectivity index (χ4v) is 3.14. The highest BCUT2D eigenvalue weighted by molar-refractivity contribution is 6.05. The Hall–Kier alpha value is -2.10. The van der Waals surface area contributed by atoms with Crippen LogP contribution in [0.2, 0.25) is 0 Å². The van der Waals surface area contributed by atoms with Gasteiger partial charge in [-0.3, -0.25) is 9.48 Å². The van der Waals surface area contributed by atoms with E-state index in [1.54, 1.807) is 4.68 Å². The van der Waals surface area contributed by atoms with Gasteiger partial charge in [0.2, 0.25) is 0 Å². The van der Waals surface area contributed by atoms with Gasteiger partial charge in [0.05, 0.1) is 5.69 Å². The topological polar surface area (TPSA) is 38.1 Å². The number of hydrogen-bond acceptors (Lipinski definition) is 2. The summed E-state index contributed by atoms with van der Waals surface area (Å²) < 4.78 is 1.68. The minimum Gasteiger partial charge on any atom is -0.307 e. The van der Waals surface area contributed by atoms with Crippen LogP contribution in [0.25, 0.3) is 0 Å². The van der Waals surface area contributed by atoms with Crippen LogP contribution in [-0.2, 0) is 7.05 Å². The van der Waals surface area contributed by atoms with E-state index in [0.717, 1.165) is 30.8 Å². The Morgan fingerprint density at radius 3 is 2.81 bits per heavy atom. The Kier molecular flexibility index (Phi) is 3.53. The molecule has 3 rings (SSSR count). The van der Waals surface area contributed by atoms with Crippen LogP contribution in [0, 0.1) is 6.92 Å². The average molecular weight is 283 g/mol. The second-order valence-corrected chi connectivity index (χ2v) is 5.85. The summed E-state index contributed by atoms with van der Waals surface area (Å²) in [5, 5.41) is 4.29. The third-order valence-electron chi connectivity index (χ3n) is 4.24. The van der Waals surface area contributed by atoms with E-state index in [1.807, 2.05) is 31.0 Å². The summed E-state index contributed by atoms with van der Waals surface area (Å²) in [7, 11) is 1.83. The van der Waals surface area contributed by atoms with Crippen LogP contribution in [0.5, 0.6) is 0 Å². The Morgan fingerprint density at radius 1 is 1.33 bits per heavy atom. The van der Waals surface area contributed by atoms with E-state index in [1.165, 1.54) is 5.56 Å². The molecule has 0 saturated heterocycles. The van der Waals surface area contributed by atoms with Gasteiger partial charge in [-0.1, -0.05) is 25.1 Å². The lowest BCUT2D eigenvalue weighted by molar-refractivity contribution is 0.0978. The number of carbonyl (C=O) groups excluding carboxylic acids is 1. The van der Waals surface area contributed by atoms with Gasteiger partial charge in [-0.05, 0) is 43.4 Å². The fourth-order valence-electron chi connectivity index (χ4n) is 3.14. The minimum absolute atomic E-state index is 0.0413. The maximum absolute atomic E-state index is 12.9. The molecule has 0 N–H and O–H groups in total. The molecule has 4 nitrogen and oxygen atoms in total. The molecule has 0 radical (unpaired) electrons. The minimum atomic E-state index is 0.0413. The summed E-state index contributed by atoms with van der Waals surface area (Å²) >= 11 is 0. The molecule has 2 heterocycles. The zero-order chi connectivity index (χ0) is 15.0. The van der Waals surface area contributed by atoms with Crippen molar-refractivity contribution in [2.45, 2.75) is 32.6 Å². The van der Waals surface area contributed by atoms with Crippen molar-refractivity contribution in [2.24, 2.45) is 7.05 Å². The van der Waals surface area contributed by atoms with Crippen LogP contribution in [0.15, 0.2) is 30.3 Å². The third kappa shape index (κ3) is 2.46. The second-order valence-electron chi connectivity index (χ2n) is 5.85. The number of amides is 1. The molecule has 110 valence electrons. The number of aromatic nitrogens is 2. The highest BCUT2D eigenvalue weighted by Crippen LogP contribution is 2.34. The summed E-state index contributed by atoms with van der Waals surface area (Å²) in [5.41, 5.74) is 3.84. The van der Waals surface area contributed by atoms with Crippen LogP contribution < -0.4 is 4.90 Å². The van der Waals surface area contributed by atoms with Gasteiger partial charge in [0, 0.05) is 19.3 Å². The van der Waals surface area contributed by atoms with Crippen molar-refractivity contribution in [1.82, 2.24) is 9.78 Å². The molecule has 1 aromatic carbocycles. The molecular weight excluding hydrogens is 262 g/mol. The van der Waals surface area contributed by atoms with E-state index in [4.69, 9.17) is 0 Å². The number of anilines is 1. The third-order valence-corrected chi connectivity index (χ3v) is 4.24. The quantitative estimate of drug-likeness (QED) is 0.805. The number of hydrogen-bond donors (Lipinski definition) is 0. The predicted octanol–water partition coefficient (Wildman–Crippen LogP) is 3.27. The van der Waals surface area contributed by atoms with E-state index >= 15 is 0 Å². The van der Waals surface area contributed by atoms with Crippen LogP contribution in [0.1, 0.15) is 47.4 Å². The predicted molar refractivity (Wildman–Crippen MR) is 83.7 cm³/mol. The molecule has 0 unspecified atom stereocenters. The van der Waals surface area contributed by atoms with E-state index in [-0.39, 0.29) is 5.91 Å². The summed E-state index contributed by atoms with van der Waals surface area (Å²) in [5.74, 6) is 0.534.